The predicted molar refractivity (Wildman–Crippen MR) is 82.8 cm³/mol. The quantitative estimate of drug-likeness (QED) is 0.626. The lowest BCUT2D eigenvalue weighted by atomic mass is 9.98. The van der Waals surface area contributed by atoms with Gasteiger partial charge in [0.2, 0.25) is 0 Å². The molecule has 1 heterocycles. The minimum Gasteiger partial charge on any atom is -0.261 e. The van der Waals surface area contributed by atoms with Crippen LogP contribution in [0.1, 0.15) is 43.5 Å². The van der Waals surface area contributed by atoms with Crippen LogP contribution in [0.3, 0.4) is 0 Å². The molecule has 0 amide bonds. The van der Waals surface area contributed by atoms with Gasteiger partial charge in [0, 0.05) is 24.0 Å². The Labute approximate surface area is 123 Å². The zero-order valence-electron chi connectivity index (χ0n) is 12.3. The van der Waals surface area contributed by atoms with Gasteiger partial charge in [0.25, 0.3) is 5.69 Å². The maximum atomic E-state index is 11.2. The number of hydrogen-bond acceptors (Lipinski definition) is 4. The Hall–Kier alpha value is -2.56. The van der Waals surface area contributed by atoms with E-state index >= 15 is 0 Å². The largest absolute Gasteiger partial charge is 0.273 e. The van der Waals surface area contributed by atoms with E-state index in [-0.39, 0.29) is 16.5 Å². The number of nitrogens with zero attached hydrogens (tertiary/aromatic N) is 3. The summed E-state index contributed by atoms with van der Waals surface area (Å²) in [6.07, 6.45) is 6.78. The minimum absolute atomic E-state index is 0.115. The molecule has 0 saturated carbocycles. The van der Waals surface area contributed by atoms with Gasteiger partial charge in [-0.3, -0.25) is 20.1 Å². The maximum absolute atomic E-state index is 11.2. The molecule has 5 heteroatoms. The molecule has 0 saturated heterocycles. The average molecular weight is 283 g/mol. The molecule has 1 aromatic carbocycles. The molecule has 0 spiro atoms. The molecule has 5 nitrogen and oxygen atoms in total. The first-order chi connectivity index (χ1) is 9.99. The second-order valence-corrected chi connectivity index (χ2v) is 5.15. The number of hydrogen-bond donors (Lipinski definition) is 0. The fraction of sp³-hybridized carbons (Fsp3) is 0.250. The van der Waals surface area contributed by atoms with E-state index in [9.17, 15) is 10.1 Å². The van der Waals surface area contributed by atoms with Gasteiger partial charge in [-0.2, -0.15) is 0 Å². The Morgan fingerprint density at radius 3 is 2.67 bits per heavy atom. The van der Waals surface area contributed by atoms with Gasteiger partial charge in [-0.05, 0) is 30.1 Å². The van der Waals surface area contributed by atoms with Crippen LogP contribution in [-0.2, 0) is 0 Å². The van der Waals surface area contributed by atoms with Gasteiger partial charge in [-0.15, -0.1) is 0 Å². The van der Waals surface area contributed by atoms with Crippen molar-refractivity contribution in [3.05, 3.63) is 63.7 Å². The van der Waals surface area contributed by atoms with E-state index in [1.807, 2.05) is 39.0 Å². The SMILES string of the molecule is C/C(=C\c1ccc(C(C)C)c([N+](=O)[O-])c1)c1cnccn1. The smallest absolute Gasteiger partial charge is 0.261 e. The van der Waals surface area contributed by atoms with Crippen LogP contribution in [0.15, 0.2) is 36.8 Å². The van der Waals surface area contributed by atoms with E-state index in [1.165, 1.54) is 0 Å². The highest BCUT2D eigenvalue weighted by Crippen LogP contribution is 2.28. The summed E-state index contributed by atoms with van der Waals surface area (Å²) in [4.78, 5) is 19.1. The molecule has 0 aliphatic rings. The molecule has 2 rings (SSSR count). The molecule has 0 radical (unpaired) electrons. The molecule has 108 valence electrons. The van der Waals surface area contributed by atoms with Gasteiger partial charge in [-0.1, -0.05) is 26.0 Å². The van der Waals surface area contributed by atoms with E-state index in [1.54, 1.807) is 24.7 Å². The monoisotopic (exact) mass is 283 g/mol. The summed E-state index contributed by atoms with van der Waals surface area (Å²) in [5.74, 6) is 0.115. The zero-order valence-corrected chi connectivity index (χ0v) is 12.3. The Kier molecular flexibility index (Phi) is 4.42. The van der Waals surface area contributed by atoms with Crippen LogP contribution in [0.2, 0.25) is 0 Å². The van der Waals surface area contributed by atoms with Crippen LogP contribution in [0.4, 0.5) is 5.69 Å². The zero-order chi connectivity index (χ0) is 15.4. The van der Waals surface area contributed by atoms with Crippen LogP contribution in [0.25, 0.3) is 11.6 Å². The summed E-state index contributed by atoms with van der Waals surface area (Å²) in [6.45, 7) is 5.80. The van der Waals surface area contributed by atoms with E-state index < -0.39 is 0 Å². The summed E-state index contributed by atoms with van der Waals surface area (Å²) in [5, 5.41) is 11.2. The third-order valence-corrected chi connectivity index (χ3v) is 3.22. The van der Waals surface area contributed by atoms with Crippen molar-refractivity contribution >= 4 is 17.3 Å². The molecule has 21 heavy (non-hydrogen) atoms. The molecule has 0 N–H and O–H groups in total. The number of benzene rings is 1. The van der Waals surface area contributed by atoms with E-state index in [0.717, 1.165) is 22.4 Å². The first-order valence-electron chi connectivity index (χ1n) is 6.72. The standard InChI is InChI=1S/C16H17N3O2/c1-11(2)14-5-4-13(9-16(14)19(20)21)8-12(3)15-10-17-6-7-18-15/h4-11H,1-3H3/b12-8+. The van der Waals surface area contributed by atoms with Crippen LogP contribution in [-0.4, -0.2) is 14.9 Å². The van der Waals surface area contributed by atoms with E-state index in [0.29, 0.717) is 0 Å². The first kappa shape index (κ1) is 14.8. The van der Waals surface area contributed by atoms with Gasteiger partial charge < -0.3 is 0 Å². The normalized spacial score (nSPS) is 11.7. The van der Waals surface area contributed by atoms with Crippen molar-refractivity contribution in [2.24, 2.45) is 0 Å². The number of allylic oxidation sites excluding steroid dienone is 1. The van der Waals surface area contributed by atoms with Gasteiger partial charge in [0.15, 0.2) is 0 Å². The Morgan fingerprint density at radius 1 is 1.33 bits per heavy atom. The molecule has 2 aromatic rings. The Balaban J connectivity index is 2.42. The Bertz CT molecular complexity index is 679. The topological polar surface area (TPSA) is 68.9 Å². The Morgan fingerprint density at radius 2 is 2.10 bits per heavy atom. The maximum Gasteiger partial charge on any atom is 0.273 e. The van der Waals surface area contributed by atoms with Crippen molar-refractivity contribution < 1.29 is 4.92 Å². The van der Waals surface area contributed by atoms with Crippen LogP contribution >= 0.6 is 0 Å². The number of nitro groups is 1. The lowest BCUT2D eigenvalue weighted by Gasteiger charge is -2.07. The highest BCUT2D eigenvalue weighted by atomic mass is 16.6. The molecule has 0 aliphatic carbocycles. The van der Waals surface area contributed by atoms with Crippen molar-refractivity contribution in [2.45, 2.75) is 26.7 Å². The first-order valence-corrected chi connectivity index (χ1v) is 6.72. The number of nitro benzene ring substituents is 1. The van der Waals surface area contributed by atoms with E-state index in [2.05, 4.69) is 9.97 Å². The second kappa shape index (κ2) is 6.26. The molecule has 1 aromatic heterocycles. The van der Waals surface area contributed by atoms with Crippen molar-refractivity contribution in [1.82, 2.24) is 9.97 Å². The summed E-state index contributed by atoms with van der Waals surface area (Å²) >= 11 is 0. The lowest BCUT2D eigenvalue weighted by Crippen LogP contribution is -1.97. The summed E-state index contributed by atoms with van der Waals surface area (Å²) < 4.78 is 0. The van der Waals surface area contributed by atoms with Crippen molar-refractivity contribution in [3.8, 4) is 0 Å². The lowest BCUT2D eigenvalue weighted by molar-refractivity contribution is -0.385. The van der Waals surface area contributed by atoms with Crippen LogP contribution in [0, 0.1) is 10.1 Å². The molecule has 0 unspecified atom stereocenters. The van der Waals surface area contributed by atoms with E-state index in [4.69, 9.17) is 0 Å². The van der Waals surface area contributed by atoms with Crippen molar-refractivity contribution in [2.75, 3.05) is 0 Å². The summed E-state index contributed by atoms with van der Waals surface area (Å²) in [6, 6.07) is 5.32. The predicted octanol–water partition coefficient (Wildman–Crippen LogP) is 4.07. The third-order valence-electron chi connectivity index (χ3n) is 3.22. The fourth-order valence-corrected chi connectivity index (χ4v) is 2.12. The third kappa shape index (κ3) is 3.51. The van der Waals surface area contributed by atoms with Crippen molar-refractivity contribution in [1.29, 1.82) is 0 Å². The number of rotatable bonds is 4. The van der Waals surface area contributed by atoms with Gasteiger partial charge in [-0.25, -0.2) is 0 Å². The summed E-state index contributed by atoms with van der Waals surface area (Å²) in [7, 11) is 0. The van der Waals surface area contributed by atoms with Crippen LogP contribution in [0.5, 0.6) is 0 Å². The molecule has 0 bridgehead atoms. The van der Waals surface area contributed by atoms with Crippen LogP contribution < -0.4 is 0 Å². The molecule has 0 fully saturated rings. The van der Waals surface area contributed by atoms with Gasteiger partial charge in [0.05, 0.1) is 16.8 Å². The molecule has 0 atom stereocenters. The van der Waals surface area contributed by atoms with Crippen molar-refractivity contribution in [3.63, 3.8) is 0 Å². The molecular weight excluding hydrogens is 266 g/mol. The fourth-order valence-electron chi connectivity index (χ4n) is 2.12. The number of aromatic nitrogens is 2. The minimum atomic E-state index is -0.329. The summed E-state index contributed by atoms with van der Waals surface area (Å²) in [5.41, 5.74) is 3.36. The average Bonchev–Trinajstić information content (AvgIpc) is 2.47. The molecular formula is C16H17N3O2. The van der Waals surface area contributed by atoms with Gasteiger partial charge >= 0.3 is 0 Å². The highest BCUT2D eigenvalue weighted by molar-refractivity contribution is 5.79. The molecule has 0 aliphatic heterocycles. The second-order valence-electron chi connectivity index (χ2n) is 5.15. The highest BCUT2D eigenvalue weighted by Gasteiger charge is 2.16. The van der Waals surface area contributed by atoms with Gasteiger partial charge in [0.1, 0.15) is 0 Å².